The van der Waals surface area contributed by atoms with E-state index in [9.17, 15) is 14.7 Å². The summed E-state index contributed by atoms with van der Waals surface area (Å²) in [5, 5.41) is 12.1. The van der Waals surface area contributed by atoms with Crippen LogP contribution in [0, 0.1) is 17.8 Å². The molecule has 35 heavy (non-hydrogen) atoms. The smallest absolute Gasteiger partial charge is 0.326 e. The van der Waals surface area contributed by atoms with Crippen LogP contribution in [0.3, 0.4) is 0 Å². The number of ether oxygens (including phenoxy) is 1. The number of aliphatic carboxylic acids is 1. The summed E-state index contributed by atoms with van der Waals surface area (Å²) >= 11 is 0. The Morgan fingerprint density at radius 3 is 2.49 bits per heavy atom. The highest BCUT2D eigenvalue weighted by Gasteiger charge is 2.31. The molecule has 1 heterocycles. The maximum Gasteiger partial charge on any atom is 0.326 e. The summed E-state index contributed by atoms with van der Waals surface area (Å²) < 4.78 is 12.1. The summed E-state index contributed by atoms with van der Waals surface area (Å²) in [4.78, 5) is 28.8. The molecule has 0 aliphatic heterocycles. The van der Waals surface area contributed by atoms with Gasteiger partial charge in [0.15, 0.2) is 0 Å². The van der Waals surface area contributed by atoms with Crippen molar-refractivity contribution in [2.75, 3.05) is 6.61 Å². The molecule has 7 nitrogen and oxygen atoms in total. The predicted molar refractivity (Wildman–Crippen MR) is 135 cm³/mol. The third-order valence-electron chi connectivity index (χ3n) is 6.90. The van der Waals surface area contributed by atoms with Crippen molar-refractivity contribution in [3.63, 3.8) is 0 Å². The van der Waals surface area contributed by atoms with Crippen LogP contribution in [0.1, 0.15) is 83.2 Å². The summed E-state index contributed by atoms with van der Waals surface area (Å²) in [6.07, 6.45) is 4.18. The quantitative estimate of drug-likeness (QED) is 0.432. The number of hydrogen-bond donors (Lipinski definition) is 2. The van der Waals surface area contributed by atoms with Gasteiger partial charge in [-0.25, -0.2) is 9.78 Å². The number of carbonyl (C=O) groups is 2. The highest BCUT2D eigenvalue weighted by Crippen LogP contribution is 2.30. The van der Waals surface area contributed by atoms with Crippen LogP contribution >= 0.6 is 0 Å². The molecule has 7 heteroatoms. The van der Waals surface area contributed by atoms with Crippen molar-refractivity contribution in [3.05, 3.63) is 41.3 Å². The van der Waals surface area contributed by atoms with E-state index < -0.39 is 12.0 Å². The second kappa shape index (κ2) is 12.3. The lowest BCUT2D eigenvalue weighted by atomic mass is 9.81. The molecular formula is C28H40N2O5. The first-order chi connectivity index (χ1) is 16.7. The van der Waals surface area contributed by atoms with Gasteiger partial charge >= 0.3 is 5.97 Å². The fourth-order valence-electron chi connectivity index (χ4n) is 4.69. The maximum absolute atomic E-state index is 12.7. The van der Waals surface area contributed by atoms with E-state index in [0.29, 0.717) is 31.4 Å². The van der Waals surface area contributed by atoms with Crippen molar-refractivity contribution in [1.82, 2.24) is 10.3 Å². The zero-order valence-electron chi connectivity index (χ0n) is 21.7. The number of oxazole rings is 1. The van der Waals surface area contributed by atoms with Crippen molar-refractivity contribution in [3.8, 4) is 11.5 Å². The molecule has 0 unspecified atom stereocenters. The minimum Gasteiger partial charge on any atom is -0.480 e. The normalized spacial score (nSPS) is 19.2. The Hall–Kier alpha value is -2.67. The van der Waals surface area contributed by atoms with Gasteiger partial charge in [-0.3, -0.25) is 4.79 Å². The average Bonchev–Trinajstić information content (AvgIpc) is 3.25. The Balaban J connectivity index is 1.55. The molecule has 2 N–H and O–H groups in total. The van der Waals surface area contributed by atoms with E-state index in [1.807, 2.05) is 19.1 Å². The maximum atomic E-state index is 12.7. The molecule has 0 radical (unpaired) electrons. The van der Waals surface area contributed by atoms with Crippen molar-refractivity contribution in [1.29, 1.82) is 0 Å². The molecule has 192 valence electrons. The van der Waals surface area contributed by atoms with E-state index in [4.69, 9.17) is 14.1 Å². The van der Waals surface area contributed by atoms with Crippen molar-refractivity contribution < 1.29 is 23.8 Å². The third-order valence-corrected chi connectivity index (χ3v) is 6.90. The largest absolute Gasteiger partial charge is 0.480 e. The number of carboxylic acid groups (broad SMARTS) is 1. The van der Waals surface area contributed by atoms with Crippen molar-refractivity contribution >= 4 is 11.9 Å². The van der Waals surface area contributed by atoms with Crippen molar-refractivity contribution in [2.45, 2.75) is 85.3 Å². The van der Waals surface area contributed by atoms with Crippen LogP contribution in [-0.4, -0.2) is 34.6 Å². The van der Waals surface area contributed by atoms with E-state index in [1.165, 1.54) is 5.56 Å². The molecule has 0 bridgehead atoms. The average molecular weight is 485 g/mol. The van der Waals surface area contributed by atoms with E-state index in [-0.39, 0.29) is 23.7 Å². The van der Waals surface area contributed by atoms with Gasteiger partial charge in [-0.15, -0.1) is 0 Å². The lowest BCUT2D eigenvalue weighted by molar-refractivity contribution is -0.144. The number of carboxylic acids is 1. The number of rotatable bonds is 11. The molecule has 1 aromatic heterocycles. The van der Waals surface area contributed by atoms with E-state index >= 15 is 0 Å². The van der Waals surface area contributed by atoms with Crippen LogP contribution in [0.2, 0.25) is 0 Å². The first kappa shape index (κ1) is 26.9. The van der Waals surface area contributed by atoms with Gasteiger partial charge in [0, 0.05) is 24.5 Å². The van der Waals surface area contributed by atoms with E-state index in [1.54, 1.807) is 13.8 Å². The number of amides is 1. The molecule has 1 aliphatic carbocycles. The monoisotopic (exact) mass is 484 g/mol. The second-order valence-electron chi connectivity index (χ2n) is 10.3. The molecule has 1 saturated carbocycles. The number of hydrogen-bond acceptors (Lipinski definition) is 5. The third kappa shape index (κ3) is 7.17. The topological polar surface area (TPSA) is 102 Å². The van der Waals surface area contributed by atoms with Gasteiger partial charge in [-0.05, 0) is 54.7 Å². The molecule has 3 atom stereocenters. The highest BCUT2D eigenvalue weighted by atomic mass is 16.5. The van der Waals surface area contributed by atoms with Crippen LogP contribution in [0.4, 0.5) is 0 Å². The lowest BCUT2D eigenvalue weighted by Gasteiger charge is -2.29. The first-order valence-corrected chi connectivity index (χ1v) is 12.9. The van der Waals surface area contributed by atoms with Gasteiger partial charge in [0.1, 0.15) is 17.5 Å². The van der Waals surface area contributed by atoms with Crippen molar-refractivity contribution in [2.24, 2.45) is 17.8 Å². The Morgan fingerprint density at radius 2 is 1.89 bits per heavy atom. The lowest BCUT2D eigenvalue weighted by Crippen LogP contribution is -2.47. The Bertz CT molecular complexity index is 980. The molecule has 0 spiro atoms. The fraction of sp³-hybridized carbons (Fsp3) is 0.607. The molecular weight excluding hydrogens is 444 g/mol. The summed E-state index contributed by atoms with van der Waals surface area (Å²) in [6, 6.07) is 7.47. The van der Waals surface area contributed by atoms with Crippen LogP contribution < -0.4 is 5.32 Å². The number of aromatic nitrogens is 1. The molecule has 1 aliphatic rings. The summed E-state index contributed by atoms with van der Waals surface area (Å²) in [5.74, 6) is 0.715. The van der Waals surface area contributed by atoms with Gasteiger partial charge in [-0.2, -0.15) is 0 Å². The number of nitrogens with one attached hydrogen (secondary N) is 1. The fourth-order valence-corrected chi connectivity index (χ4v) is 4.69. The summed E-state index contributed by atoms with van der Waals surface area (Å²) in [7, 11) is 0. The molecule has 3 rings (SSSR count). The zero-order chi connectivity index (χ0) is 25.5. The Morgan fingerprint density at radius 1 is 1.17 bits per heavy atom. The van der Waals surface area contributed by atoms with Crippen LogP contribution in [0.15, 0.2) is 28.7 Å². The second-order valence-corrected chi connectivity index (χ2v) is 10.3. The van der Waals surface area contributed by atoms with E-state index in [2.05, 4.69) is 31.3 Å². The highest BCUT2D eigenvalue weighted by molar-refractivity contribution is 5.85. The number of nitrogens with zero attached hydrogens (tertiary/aromatic N) is 1. The van der Waals surface area contributed by atoms with Gasteiger partial charge < -0.3 is 19.6 Å². The molecule has 1 aromatic carbocycles. The first-order valence-electron chi connectivity index (χ1n) is 12.9. The van der Waals surface area contributed by atoms with Crippen LogP contribution in [-0.2, 0) is 27.4 Å². The van der Waals surface area contributed by atoms with Crippen LogP contribution in [0.5, 0.6) is 0 Å². The Labute approximate surface area is 208 Å². The van der Waals surface area contributed by atoms with Crippen LogP contribution in [0.25, 0.3) is 11.5 Å². The Kier molecular flexibility index (Phi) is 9.49. The number of benzene rings is 1. The summed E-state index contributed by atoms with van der Waals surface area (Å²) in [5.41, 5.74) is 3.06. The zero-order valence-corrected chi connectivity index (χ0v) is 21.7. The standard InChI is InChI=1S/C28H40N2O5/c1-6-24-23(29-27(35-24)21-12-10-20(11-13-21)17(2)3)16-34-15-19-8-7-9-22(14-19)26(31)30-25(18(4)5)28(32)33/h10-13,17-19,22,25H,6-9,14-16H2,1-5H3,(H,30,31)(H,32,33)/t19-,22+,25+/m1/s1. The summed E-state index contributed by atoms with van der Waals surface area (Å²) in [6.45, 7) is 10.9. The molecule has 0 saturated heterocycles. The number of aryl methyl sites for hydroxylation is 1. The molecule has 1 fully saturated rings. The number of carbonyl (C=O) groups excluding carboxylic acids is 1. The van der Waals surface area contributed by atoms with Gasteiger partial charge in [0.25, 0.3) is 0 Å². The minimum atomic E-state index is -0.987. The van der Waals surface area contributed by atoms with Gasteiger partial charge in [0.05, 0.1) is 6.61 Å². The van der Waals surface area contributed by atoms with E-state index in [0.717, 1.165) is 42.7 Å². The van der Waals surface area contributed by atoms with Gasteiger partial charge in [0.2, 0.25) is 11.8 Å². The SMILES string of the molecule is CCc1oc(-c2ccc(C(C)C)cc2)nc1COC[C@@H]1CCC[C@H](C(=O)N[C@H](C(=O)O)C(C)C)C1. The molecule has 1 amide bonds. The minimum absolute atomic E-state index is 0.159. The molecule has 2 aromatic rings. The van der Waals surface area contributed by atoms with Gasteiger partial charge in [-0.1, -0.05) is 53.2 Å². The predicted octanol–water partition coefficient (Wildman–Crippen LogP) is 5.58.